The number of hydrogen-bond acceptors (Lipinski definition) is 4. The van der Waals surface area contributed by atoms with Crippen LogP contribution in [0.3, 0.4) is 0 Å². The number of benzene rings is 4. The van der Waals surface area contributed by atoms with Crippen LogP contribution in [0.15, 0.2) is 114 Å². The Morgan fingerprint density at radius 3 is 1.85 bits per heavy atom. The zero-order valence-electron chi connectivity index (χ0n) is 21.7. The number of halogens is 1. The summed E-state index contributed by atoms with van der Waals surface area (Å²) in [6.45, 7) is 3.60. The fraction of sp³-hybridized carbons (Fsp3) is 0.226. The Morgan fingerprint density at radius 1 is 0.744 bits per heavy atom. The fourth-order valence-electron chi connectivity index (χ4n) is 4.23. The number of ether oxygens (including phenoxy) is 1. The van der Waals surface area contributed by atoms with E-state index < -0.39 is 16.1 Å². The molecule has 0 aliphatic heterocycles. The summed E-state index contributed by atoms with van der Waals surface area (Å²) in [4.78, 5) is 0.195. The van der Waals surface area contributed by atoms with Crippen LogP contribution in [0.1, 0.15) is 39.9 Å². The van der Waals surface area contributed by atoms with Crippen molar-refractivity contribution < 1.29 is 32.6 Å². The standard InChI is InChI=1S/C31H33ClN2O3S.Ru/c1-24-12-14-26(15-13-24)23-37-21-20-33-30(27-8-4-2-5-9-27)31(28-10-6-3-7-11-28)34-38(35,36)29-18-16-25(22-32)17-19-29;/h2-19,30-31,33-34H,20-23H2,1H3;/q;+2/t30-,31-;/m0./s1. The molecule has 4 aromatic rings. The fourth-order valence-corrected chi connectivity index (χ4v) is 5.65. The van der Waals surface area contributed by atoms with Crippen molar-refractivity contribution in [2.24, 2.45) is 0 Å². The average Bonchev–Trinajstić information content (AvgIpc) is 2.96. The van der Waals surface area contributed by atoms with E-state index in [-0.39, 0.29) is 30.4 Å². The Labute approximate surface area is 249 Å². The molecule has 0 amide bonds. The zero-order chi connectivity index (χ0) is 26.8. The van der Waals surface area contributed by atoms with Crippen molar-refractivity contribution in [1.29, 1.82) is 0 Å². The van der Waals surface area contributed by atoms with Crippen LogP contribution in [0.4, 0.5) is 0 Å². The summed E-state index contributed by atoms with van der Waals surface area (Å²) < 4.78 is 35.9. The van der Waals surface area contributed by atoms with E-state index in [1.807, 2.05) is 60.7 Å². The molecule has 0 saturated carbocycles. The molecule has 5 nitrogen and oxygen atoms in total. The third-order valence-electron chi connectivity index (χ3n) is 6.32. The Kier molecular flexibility index (Phi) is 12.3. The summed E-state index contributed by atoms with van der Waals surface area (Å²) in [6, 6.07) is 33.5. The maximum Gasteiger partial charge on any atom is 2.00 e. The molecule has 8 heteroatoms. The van der Waals surface area contributed by atoms with Crippen molar-refractivity contribution in [3.05, 3.63) is 137 Å². The maximum atomic E-state index is 13.5. The summed E-state index contributed by atoms with van der Waals surface area (Å²) in [5.74, 6) is 0.326. The van der Waals surface area contributed by atoms with E-state index in [0.29, 0.717) is 25.6 Å². The van der Waals surface area contributed by atoms with Gasteiger partial charge in [-0.05, 0) is 41.3 Å². The van der Waals surface area contributed by atoms with Gasteiger partial charge in [0.1, 0.15) is 0 Å². The normalized spacial score (nSPS) is 12.9. The minimum atomic E-state index is -3.82. The Hall–Kier alpha value is -2.38. The SMILES string of the molecule is Cc1ccc(COCCN[C@@H](c2ccccc2)[C@@H](NS(=O)(=O)c2ccc(CCl)cc2)c2ccccc2)cc1.[Ru+2]. The second-order valence-corrected chi connectivity index (χ2v) is 11.1. The summed E-state index contributed by atoms with van der Waals surface area (Å²) in [5, 5.41) is 3.55. The molecule has 0 spiro atoms. The van der Waals surface area contributed by atoms with Gasteiger partial charge < -0.3 is 10.1 Å². The monoisotopic (exact) mass is 650 g/mol. The molecule has 0 heterocycles. The largest absolute Gasteiger partial charge is 2.00 e. The summed E-state index contributed by atoms with van der Waals surface area (Å²) in [5.41, 5.74) is 5.02. The van der Waals surface area contributed by atoms with Crippen LogP contribution in [0.5, 0.6) is 0 Å². The van der Waals surface area contributed by atoms with Crippen molar-refractivity contribution in [2.75, 3.05) is 13.2 Å². The Morgan fingerprint density at radius 2 is 1.28 bits per heavy atom. The van der Waals surface area contributed by atoms with Crippen molar-refractivity contribution in [3.63, 3.8) is 0 Å². The van der Waals surface area contributed by atoms with E-state index >= 15 is 0 Å². The molecule has 0 saturated heterocycles. The van der Waals surface area contributed by atoms with Gasteiger partial charge >= 0.3 is 19.5 Å². The van der Waals surface area contributed by atoms with Crippen molar-refractivity contribution in [1.82, 2.24) is 10.0 Å². The molecule has 0 aliphatic rings. The first-order chi connectivity index (χ1) is 18.5. The number of nitrogens with one attached hydrogen (secondary N) is 2. The van der Waals surface area contributed by atoms with Gasteiger partial charge in [0, 0.05) is 12.4 Å². The first-order valence-electron chi connectivity index (χ1n) is 12.6. The summed E-state index contributed by atoms with van der Waals surface area (Å²) in [7, 11) is -3.82. The van der Waals surface area contributed by atoms with Crippen LogP contribution < -0.4 is 10.0 Å². The molecule has 0 fully saturated rings. The minimum Gasteiger partial charge on any atom is -0.375 e. The second-order valence-electron chi connectivity index (χ2n) is 9.17. The predicted octanol–water partition coefficient (Wildman–Crippen LogP) is 6.30. The molecule has 4 rings (SSSR count). The molecular weight excluding hydrogens is 617 g/mol. The van der Waals surface area contributed by atoms with Crippen molar-refractivity contribution >= 4 is 21.6 Å². The number of sulfonamides is 1. The van der Waals surface area contributed by atoms with Crippen molar-refractivity contribution in [2.45, 2.75) is 36.4 Å². The van der Waals surface area contributed by atoms with E-state index in [9.17, 15) is 8.42 Å². The van der Waals surface area contributed by atoms with Gasteiger partial charge in [0.15, 0.2) is 0 Å². The average molecular weight is 650 g/mol. The smallest absolute Gasteiger partial charge is 0.375 e. The van der Waals surface area contributed by atoms with Crippen LogP contribution in [0.2, 0.25) is 0 Å². The Balaban J connectivity index is 0.00000420. The van der Waals surface area contributed by atoms with Crippen molar-refractivity contribution in [3.8, 4) is 0 Å². The van der Waals surface area contributed by atoms with Gasteiger partial charge in [-0.1, -0.05) is 103 Å². The molecule has 0 aliphatic carbocycles. The van der Waals surface area contributed by atoms with E-state index in [4.69, 9.17) is 16.3 Å². The Bertz CT molecular complexity index is 1370. The molecule has 39 heavy (non-hydrogen) atoms. The summed E-state index contributed by atoms with van der Waals surface area (Å²) >= 11 is 5.90. The molecule has 204 valence electrons. The third-order valence-corrected chi connectivity index (χ3v) is 8.09. The van der Waals surface area contributed by atoms with Gasteiger partial charge in [-0.3, -0.25) is 0 Å². The third kappa shape index (κ3) is 9.07. The number of hydrogen-bond donors (Lipinski definition) is 2. The molecule has 4 aromatic carbocycles. The van der Waals surface area contributed by atoms with E-state index in [0.717, 1.165) is 22.3 Å². The quantitative estimate of drug-likeness (QED) is 0.101. The van der Waals surface area contributed by atoms with Crippen LogP contribution in [-0.4, -0.2) is 21.6 Å². The van der Waals surface area contributed by atoms with Gasteiger partial charge in [-0.2, -0.15) is 0 Å². The second kappa shape index (κ2) is 15.4. The van der Waals surface area contributed by atoms with Gasteiger partial charge in [0.25, 0.3) is 0 Å². The number of alkyl halides is 1. The number of rotatable bonds is 13. The molecule has 2 N–H and O–H groups in total. The van der Waals surface area contributed by atoms with Gasteiger partial charge in [0.05, 0.1) is 30.2 Å². The minimum absolute atomic E-state index is 0. The molecule has 0 radical (unpaired) electrons. The molecule has 0 aromatic heterocycles. The molecular formula is C31H33ClN2O3RuS+2. The number of aryl methyl sites for hydroxylation is 1. The zero-order valence-corrected chi connectivity index (χ0v) is 25.1. The predicted molar refractivity (Wildman–Crippen MR) is 154 cm³/mol. The molecule has 0 bridgehead atoms. The maximum absolute atomic E-state index is 13.5. The van der Waals surface area contributed by atoms with E-state index in [2.05, 4.69) is 41.2 Å². The van der Waals surface area contributed by atoms with Crippen LogP contribution in [-0.2, 0) is 46.7 Å². The van der Waals surface area contributed by atoms with Crippen LogP contribution >= 0.6 is 11.6 Å². The van der Waals surface area contributed by atoms with Crippen LogP contribution in [0.25, 0.3) is 0 Å². The molecule has 2 atom stereocenters. The van der Waals surface area contributed by atoms with Gasteiger partial charge in [-0.15, -0.1) is 11.6 Å². The van der Waals surface area contributed by atoms with E-state index in [1.165, 1.54) is 5.56 Å². The van der Waals surface area contributed by atoms with Crippen LogP contribution in [0, 0.1) is 6.92 Å². The van der Waals surface area contributed by atoms with Gasteiger partial charge in [0.2, 0.25) is 10.0 Å². The first-order valence-corrected chi connectivity index (χ1v) is 14.6. The van der Waals surface area contributed by atoms with E-state index in [1.54, 1.807) is 24.3 Å². The van der Waals surface area contributed by atoms with Gasteiger partial charge in [-0.25, -0.2) is 13.1 Å². The topological polar surface area (TPSA) is 67.4 Å². The first kappa shape index (κ1) is 31.2. The molecule has 0 unspecified atom stereocenters. The summed E-state index contributed by atoms with van der Waals surface area (Å²) in [6.07, 6.45) is 0.